The SMILES string of the molecule is CN1CCN(c2nc(NC3=NCC(c4ccccc4)=C3)nc(Nc3ccccc3)n2)CC1. The standard InChI is InChI=1S/C24H26N8/c1-31-12-14-32(15-13-31)24-29-22(26-20-10-6-3-7-11-20)28-23(30-24)27-21-16-19(17-25-21)18-8-4-2-5-9-18/h2-11,16H,12-15,17H2,1H3,(H2,25,26,27,28,29,30). The number of nitrogens with zero attached hydrogens (tertiary/aromatic N) is 6. The highest BCUT2D eigenvalue weighted by Gasteiger charge is 2.19. The Bertz CT molecular complexity index is 1120. The smallest absolute Gasteiger partial charge is 0.235 e. The molecule has 1 fully saturated rings. The number of anilines is 4. The number of amidine groups is 1. The van der Waals surface area contributed by atoms with Crippen molar-refractivity contribution in [2.45, 2.75) is 0 Å². The fourth-order valence-corrected chi connectivity index (χ4v) is 3.72. The fraction of sp³-hybridized carbons (Fsp3) is 0.250. The average Bonchev–Trinajstić information content (AvgIpc) is 3.29. The highest BCUT2D eigenvalue weighted by molar-refractivity contribution is 6.10. The van der Waals surface area contributed by atoms with Crippen molar-refractivity contribution in [3.05, 3.63) is 72.3 Å². The van der Waals surface area contributed by atoms with Crippen molar-refractivity contribution in [2.24, 2.45) is 4.99 Å². The third kappa shape index (κ3) is 4.76. The van der Waals surface area contributed by atoms with Crippen molar-refractivity contribution in [3.63, 3.8) is 0 Å². The van der Waals surface area contributed by atoms with Gasteiger partial charge in [0.15, 0.2) is 0 Å². The van der Waals surface area contributed by atoms with Crippen LogP contribution in [0, 0.1) is 0 Å². The minimum atomic E-state index is 0.483. The zero-order chi connectivity index (χ0) is 21.8. The normalized spacial score (nSPS) is 16.5. The first-order valence-corrected chi connectivity index (χ1v) is 10.8. The highest BCUT2D eigenvalue weighted by Crippen LogP contribution is 2.22. The van der Waals surface area contributed by atoms with Gasteiger partial charge in [0, 0.05) is 31.9 Å². The van der Waals surface area contributed by atoms with E-state index in [9.17, 15) is 0 Å². The molecular weight excluding hydrogens is 400 g/mol. The van der Waals surface area contributed by atoms with Gasteiger partial charge in [0.1, 0.15) is 5.84 Å². The van der Waals surface area contributed by atoms with E-state index >= 15 is 0 Å². The minimum absolute atomic E-state index is 0.483. The number of hydrogen-bond acceptors (Lipinski definition) is 8. The van der Waals surface area contributed by atoms with Crippen LogP contribution in [0.3, 0.4) is 0 Å². The molecule has 1 aromatic heterocycles. The fourth-order valence-electron chi connectivity index (χ4n) is 3.72. The van der Waals surface area contributed by atoms with Gasteiger partial charge in [-0.05, 0) is 36.4 Å². The Morgan fingerprint density at radius 1 is 0.750 bits per heavy atom. The number of rotatable bonds is 5. The van der Waals surface area contributed by atoms with Gasteiger partial charge in [-0.25, -0.2) is 0 Å². The topological polar surface area (TPSA) is 81.6 Å². The lowest BCUT2D eigenvalue weighted by Gasteiger charge is -2.32. The second-order valence-electron chi connectivity index (χ2n) is 7.93. The van der Waals surface area contributed by atoms with Crippen LogP contribution in [-0.2, 0) is 0 Å². The summed E-state index contributed by atoms with van der Waals surface area (Å²) in [5.41, 5.74) is 3.27. The van der Waals surface area contributed by atoms with Gasteiger partial charge in [0.25, 0.3) is 0 Å². The Morgan fingerprint density at radius 2 is 1.41 bits per heavy atom. The number of para-hydroxylation sites is 1. The summed E-state index contributed by atoms with van der Waals surface area (Å²) < 4.78 is 0. The molecular formula is C24H26N8. The van der Waals surface area contributed by atoms with Crippen LogP contribution in [0.5, 0.6) is 0 Å². The molecule has 1 saturated heterocycles. The maximum Gasteiger partial charge on any atom is 0.235 e. The van der Waals surface area contributed by atoms with Crippen LogP contribution in [0.2, 0.25) is 0 Å². The molecule has 0 spiro atoms. The molecule has 0 amide bonds. The molecule has 5 rings (SSSR count). The predicted molar refractivity (Wildman–Crippen MR) is 130 cm³/mol. The van der Waals surface area contributed by atoms with E-state index in [-0.39, 0.29) is 0 Å². The Balaban J connectivity index is 1.40. The van der Waals surface area contributed by atoms with Gasteiger partial charge in [0.05, 0.1) is 6.54 Å². The number of hydrogen-bond donors (Lipinski definition) is 2. The van der Waals surface area contributed by atoms with Gasteiger partial charge in [-0.3, -0.25) is 4.99 Å². The van der Waals surface area contributed by atoms with E-state index in [0.717, 1.165) is 37.7 Å². The van der Waals surface area contributed by atoms with E-state index in [0.29, 0.717) is 24.4 Å². The van der Waals surface area contributed by atoms with Crippen molar-refractivity contribution >= 4 is 34.9 Å². The highest BCUT2D eigenvalue weighted by atomic mass is 15.4. The van der Waals surface area contributed by atoms with Crippen LogP contribution in [0.15, 0.2) is 71.7 Å². The van der Waals surface area contributed by atoms with E-state index in [1.54, 1.807) is 0 Å². The molecule has 32 heavy (non-hydrogen) atoms. The van der Waals surface area contributed by atoms with E-state index in [1.165, 1.54) is 11.1 Å². The second kappa shape index (κ2) is 9.15. The molecule has 0 aliphatic carbocycles. The summed E-state index contributed by atoms with van der Waals surface area (Å²) in [5, 5.41) is 6.59. The largest absolute Gasteiger partial charge is 0.338 e. The Morgan fingerprint density at radius 3 is 2.12 bits per heavy atom. The summed E-state index contributed by atoms with van der Waals surface area (Å²) in [7, 11) is 2.13. The monoisotopic (exact) mass is 426 g/mol. The molecule has 0 atom stereocenters. The van der Waals surface area contributed by atoms with Crippen molar-refractivity contribution in [1.82, 2.24) is 19.9 Å². The van der Waals surface area contributed by atoms with Crippen molar-refractivity contribution in [1.29, 1.82) is 0 Å². The average molecular weight is 427 g/mol. The molecule has 3 heterocycles. The summed E-state index contributed by atoms with van der Waals surface area (Å²) in [5.74, 6) is 2.41. The number of likely N-dealkylation sites (N-methyl/N-ethyl adjacent to an activating group) is 1. The summed E-state index contributed by atoms with van der Waals surface area (Å²) >= 11 is 0. The number of aliphatic imine (C=N–C) groups is 1. The molecule has 0 saturated carbocycles. The van der Waals surface area contributed by atoms with Gasteiger partial charge in [0.2, 0.25) is 17.8 Å². The zero-order valence-corrected chi connectivity index (χ0v) is 18.1. The lowest BCUT2D eigenvalue weighted by molar-refractivity contribution is 0.311. The first kappa shape index (κ1) is 20.1. The Kier molecular flexibility index (Phi) is 5.76. The van der Waals surface area contributed by atoms with Crippen molar-refractivity contribution in [2.75, 3.05) is 55.3 Å². The van der Waals surface area contributed by atoms with Gasteiger partial charge < -0.3 is 20.4 Å². The van der Waals surface area contributed by atoms with Crippen LogP contribution in [0.1, 0.15) is 5.56 Å². The summed E-state index contributed by atoms with van der Waals surface area (Å²) in [6, 6.07) is 20.2. The molecule has 2 aliphatic heterocycles. The lowest BCUT2D eigenvalue weighted by Crippen LogP contribution is -2.45. The molecule has 0 unspecified atom stereocenters. The van der Waals surface area contributed by atoms with E-state index in [1.807, 2.05) is 48.5 Å². The van der Waals surface area contributed by atoms with Crippen LogP contribution in [0.4, 0.5) is 23.5 Å². The lowest BCUT2D eigenvalue weighted by atomic mass is 10.1. The van der Waals surface area contributed by atoms with Gasteiger partial charge in [-0.2, -0.15) is 15.0 Å². The van der Waals surface area contributed by atoms with E-state index < -0.39 is 0 Å². The molecule has 2 aromatic carbocycles. The number of benzene rings is 2. The van der Waals surface area contributed by atoms with E-state index in [2.05, 4.69) is 55.7 Å². The van der Waals surface area contributed by atoms with Crippen molar-refractivity contribution in [3.8, 4) is 0 Å². The zero-order valence-electron chi connectivity index (χ0n) is 18.1. The number of aromatic nitrogens is 3. The molecule has 8 heteroatoms. The first-order valence-electron chi connectivity index (χ1n) is 10.8. The molecule has 2 aliphatic rings. The number of piperazine rings is 1. The third-order valence-corrected chi connectivity index (χ3v) is 5.55. The molecule has 162 valence electrons. The molecule has 0 bridgehead atoms. The molecule has 8 nitrogen and oxygen atoms in total. The number of nitrogens with one attached hydrogen (secondary N) is 2. The van der Waals surface area contributed by atoms with E-state index in [4.69, 9.17) is 9.97 Å². The Labute approximate surface area is 187 Å². The van der Waals surface area contributed by atoms with Crippen LogP contribution in [-0.4, -0.2) is 65.5 Å². The molecule has 2 N–H and O–H groups in total. The van der Waals surface area contributed by atoms with Gasteiger partial charge >= 0.3 is 0 Å². The summed E-state index contributed by atoms with van der Waals surface area (Å²) in [6.07, 6.45) is 2.05. The van der Waals surface area contributed by atoms with Crippen LogP contribution < -0.4 is 15.5 Å². The summed E-state index contributed by atoms with van der Waals surface area (Å²) in [6.45, 7) is 4.35. The Hall–Kier alpha value is -3.78. The molecule has 0 radical (unpaired) electrons. The minimum Gasteiger partial charge on any atom is -0.338 e. The molecule has 3 aromatic rings. The summed E-state index contributed by atoms with van der Waals surface area (Å²) in [4.78, 5) is 23.1. The predicted octanol–water partition coefficient (Wildman–Crippen LogP) is 3.27. The van der Waals surface area contributed by atoms with Crippen LogP contribution >= 0.6 is 0 Å². The second-order valence-corrected chi connectivity index (χ2v) is 7.93. The first-order chi connectivity index (χ1) is 15.7. The van der Waals surface area contributed by atoms with Gasteiger partial charge in [-0.15, -0.1) is 0 Å². The third-order valence-electron chi connectivity index (χ3n) is 5.55. The van der Waals surface area contributed by atoms with Gasteiger partial charge in [-0.1, -0.05) is 48.5 Å². The van der Waals surface area contributed by atoms with Crippen LogP contribution in [0.25, 0.3) is 5.57 Å². The quantitative estimate of drug-likeness (QED) is 0.648. The maximum absolute atomic E-state index is 4.71. The maximum atomic E-state index is 4.71. The van der Waals surface area contributed by atoms with Crippen molar-refractivity contribution < 1.29 is 0 Å².